The third-order valence-corrected chi connectivity index (χ3v) is 6.47. The van der Waals surface area contributed by atoms with Crippen molar-refractivity contribution in [3.63, 3.8) is 0 Å². The number of allylic oxidation sites excluding steroid dienone is 2. The highest BCUT2D eigenvalue weighted by Crippen LogP contribution is 2.47. The molecule has 0 saturated heterocycles. The van der Waals surface area contributed by atoms with Gasteiger partial charge in [0.15, 0.2) is 5.96 Å². The summed E-state index contributed by atoms with van der Waals surface area (Å²) in [6.45, 7) is 4.54. The molecule has 1 aromatic carbocycles. The summed E-state index contributed by atoms with van der Waals surface area (Å²) in [5.74, 6) is -1.19. The van der Waals surface area contributed by atoms with Crippen LogP contribution in [0.5, 0.6) is 0 Å². The molecular weight excluding hydrogens is 466 g/mol. The van der Waals surface area contributed by atoms with Gasteiger partial charge in [-0.3, -0.25) is 14.6 Å². The average molecular weight is 488 g/mol. The highest BCUT2D eigenvalue weighted by Gasteiger charge is 2.53. The van der Waals surface area contributed by atoms with Gasteiger partial charge in [-0.1, -0.05) is 17.7 Å². The molecule has 0 saturated carbocycles. The van der Waals surface area contributed by atoms with E-state index >= 15 is 0 Å². The second-order valence-corrected chi connectivity index (χ2v) is 8.73. The molecule has 33 heavy (non-hydrogen) atoms. The second-order valence-electron chi connectivity index (χ2n) is 8.37. The van der Waals surface area contributed by atoms with Gasteiger partial charge in [0.1, 0.15) is 16.5 Å². The van der Waals surface area contributed by atoms with Crippen LogP contribution in [-0.2, 0) is 10.3 Å². The zero-order valence-electron chi connectivity index (χ0n) is 18.2. The van der Waals surface area contributed by atoms with Crippen LogP contribution in [0.3, 0.4) is 0 Å². The van der Waals surface area contributed by atoms with Crippen LogP contribution in [0.1, 0.15) is 26.3 Å². The fraction of sp³-hybridized carbons (Fsp3) is 0.381. The first kappa shape index (κ1) is 24.6. The fourth-order valence-electron chi connectivity index (χ4n) is 3.69. The fourth-order valence-corrected chi connectivity index (χ4v) is 4.01. The molecule has 3 rings (SSSR count). The first-order chi connectivity index (χ1) is 15.1. The molecule has 0 aliphatic carbocycles. The van der Waals surface area contributed by atoms with Crippen LogP contribution in [0.25, 0.3) is 0 Å². The molecule has 1 aromatic rings. The zero-order valence-corrected chi connectivity index (χ0v) is 19.0. The first-order valence-corrected chi connectivity index (χ1v) is 10.1. The summed E-state index contributed by atoms with van der Waals surface area (Å²) in [4.78, 5) is 31.7. The van der Waals surface area contributed by atoms with Crippen molar-refractivity contribution in [1.82, 2.24) is 9.80 Å². The van der Waals surface area contributed by atoms with Crippen LogP contribution in [0.4, 0.5) is 28.0 Å². The topological polar surface area (TPSA) is 91.0 Å². The Morgan fingerprint density at radius 1 is 1.27 bits per heavy atom. The number of hydrogen-bond donors (Lipinski definition) is 2. The first-order valence-electron chi connectivity index (χ1n) is 9.77. The lowest BCUT2D eigenvalue weighted by Gasteiger charge is -2.46. The summed E-state index contributed by atoms with van der Waals surface area (Å²) in [7, 11) is 1.45. The number of amides is 3. The maximum Gasteiger partial charge on any atom is 0.419 e. The minimum Gasteiger partial charge on any atom is -0.369 e. The van der Waals surface area contributed by atoms with E-state index in [0.717, 1.165) is 18.2 Å². The second kappa shape index (κ2) is 8.05. The van der Waals surface area contributed by atoms with Crippen molar-refractivity contribution in [2.24, 2.45) is 16.1 Å². The van der Waals surface area contributed by atoms with Gasteiger partial charge in [-0.15, -0.1) is 0 Å². The predicted molar refractivity (Wildman–Crippen MR) is 116 cm³/mol. The van der Waals surface area contributed by atoms with Crippen LogP contribution in [-0.4, -0.2) is 47.5 Å². The van der Waals surface area contributed by atoms with E-state index < -0.39 is 39.7 Å². The summed E-state index contributed by atoms with van der Waals surface area (Å²) in [5, 5.41) is 1.64. The number of benzene rings is 1. The monoisotopic (exact) mass is 487 g/mol. The molecule has 7 nitrogen and oxygen atoms in total. The third kappa shape index (κ3) is 4.05. The number of alkyl halides is 3. The number of carbonyl (C=O) groups excluding carboxylic acids is 2. The number of urea groups is 1. The number of aliphatic imine (C=N–C) groups is 1. The highest BCUT2D eigenvalue weighted by atomic mass is 35.5. The lowest BCUT2D eigenvalue weighted by Crippen LogP contribution is -2.58. The van der Waals surface area contributed by atoms with Crippen LogP contribution < -0.4 is 11.1 Å². The average Bonchev–Trinajstić information content (AvgIpc) is 2.71. The molecule has 12 heteroatoms. The Hall–Kier alpha value is -3.08. The molecule has 0 bridgehead atoms. The van der Waals surface area contributed by atoms with Gasteiger partial charge >= 0.3 is 12.2 Å². The van der Waals surface area contributed by atoms with Gasteiger partial charge in [0, 0.05) is 24.8 Å². The Balaban J connectivity index is 1.98. The van der Waals surface area contributed by atoms with E-state index in [2.05, 4.69) is 10.3 Å². The van der Waals surface area contributed by atoms with Crippen molar-refractivity contribution >= 4 is 35.2 Å². The normalized spacial score (nSPS) is 23.1. The number of nitrogens with one attached hydrogen (secondary N) is 1. The van der Waals surface area contributed by atoms with Gasteiger partial charge in [-0.25, -0.2) is 14.2 Å². The molecule has 0 fully saturated rings. The standard InChI is InChI=1S/C21H22ClF4N5O2/c1-19(2)16(32)30(4)17(27)29-20(19,3)13-10-11(7-8-14(13)23)28-18(33)31-9-5-6-12(15(31)22)21(24,25)26/h5-8,10H,9H2,1-4H3,(H2,27,29)(H,28,33)/t20-/m1/s1. The van der Waals surface area contributed by atoms with Crippen LogP contribution in [0.2, 0.25) is 0 Å². The van der Waals surface area contributed by atoms with Crippen molar-refractivity contribution in [3.8, 4) is 0 Å². The lowest BCUT2D eigenvalue weighted by molar-refractivity contribution is -0.140. The molecule has 0 unspecified atom stereocenters. The number of hydrogen-bond acceptors (Lipinski definition) is 4. The molecule has 3 N–H and O–H groups in total. The smallest absolute Gasteiger partial charge is 0.369 e. The van der Waals surface area contributed by atoms with E-state index in [1.165, 1.54) is 24.1 Å². The minimum absolute atomic E-state index is 0.0224. The SMILES string of the molecule is CN1C(=O)C(C)(C)[C@@](C)(c2cc(NC(=O)N3CC=CC(C(F)(F)F)=C3Cl)ccc2F)N=C1N. The summed E-state index contributed by atoms with van der Waals surface area (Å²) in [6.07, 6.45) is -2.80. The maximum absolute atomic E-state index is 14.9. The minimum atomic E-state index is -4.74. The largest absolute Gasteiger partial charge is 0.419 e. The summed E-state index contributed by atoms with van der Waals surface area (Å²) >= 11 is 5.82. The molecule has 2 aliphatic heterocycles. The van der Waals surface area contributed by atoms with Crippen molar-refractivity contribution in [2.75, 3.05) is 18.9 Å². The molecule has 1 atom stereocenters. The number of rotatable bonds is 2. The Morgan fingerprint density at radius 3 is 2.52 bits per heavy atom. The Morgan fingerprint density at radius 2 is 1.91 bits per heavy atom. The molecule has 2 heterocycles. The van der Waals surface area contributed by atoms with E-state index in [1.807, 2.05) is 0 Å². The van der Waals surface area contributed by atoms with Crippen molar-refractivity contribution in [1.29, 1.82) is 0 Å². The van der Waals surface area contributed by atoms with Crippen LogP contribution in [0.15, 0.2) is 46.1 Å². The van der Waals surface area contributed by atoms with Crippen molar-refractivity contribution < 1.29 is 27.2 Å². The van der Waals surface area contributed by atoms with Crippen molar-refractivity contribution in [2.45, 2.75) is 32.5 Å². The van der Waals surface area contributed by atoms with Crippen molar-refractivity contribution in [3.05, 3.63) is 52.5 Å². The molecule has 0 aromatic heterocycles. The summed E-state index contributed by atoms with van der Waals surface area (Å²) in [5.41, 5.74) is 2.12. The molecule has 3 amide bonds. The third-order valence-electron chi connectivity index (χ3n) is 6.06. The number of halogens is 5. The highest BCUT2D eigenvalue weighted by molar-refractivity contribution is 6.31. The number of anilines is 1. The zero-order chi connectivity index (χ0) is 24.9. The van der Waals surface area contributed by atoms with Gasteiger partial charge in [-0.05, 0) is 45.0 Å². The summed E-state index contributed by atoms with van der Waals surface area (Å²) < 4.78 is 54.3. The van der Waals surface area contributed by atoms with Gasteiger partial charge in [0.05, 0.1) is 11.0 Å². The van der Waals surface area contributed by atoms with E-state index in [-0.39, 0.29) is 29.7 Å². The molecule has 178 valence electrons. The van der Waals surface area contributed by atoms with Gasteiger partial charge in [-0.2, -0.15) is 13.2 Å². The van der Waals surface area contributed by atoms with Gasteiger partial charge in [0.25, 0.3) is 0 Å². The number of guanidine groups is 1. The van der Waals surface area contributed by atoms with E-state index in [0.29, 0.717) is 4.90 Å². The van der Waals surface area contributed by atoms with Gasteiger partial charge in [0.2, 0.25) is 5.91 Å². The Kier molecular flexibility index (Phi) is 5.99. The Bertz CT molecular complexity index is 1110. The maximum atomic E-state index is 14.9. The molecule has 2 aliphatic rings. The summed E-state index contributed by atoms with van der Waals surface area (Å²) in [6, 6.07) is 2.62. The Labute approximate surface area is 192 Å². The number of carbonyl (C=O) groups is 2. The molecular formula is C21H22ClF4N5O2. The van der Waals surface area contributed by atoms with E-state index in [4.69, 9.17) is 17.3 Å². The molecule has 0 spiro atoms. The molecule has 0 radical (unpaired) electrons. The van der Waals surface area contributed by atoms with Crippen LogP contribution in [0, 0.1) is 11.2 Å². The lowest BCUT2D eigenvalue weighted by atomic mass is 9.67. The van der Waals surface area contributed by atoms with Gasteiger partial charge < -0.3 is 11.1 Å². The van der Waals surface area contributed by atoms with Crippen LogP contribution >= 0.6 is 11.6 Å². The van der Waals surface area contributed by atoms with E-state index in [9.17, 15) is 27.2 Å². The number of nitrogens with two attached hydrogens (primary N) is 1. The quantitative estimate of drug-likeness (QED) is 0.482. The number of nitrogens with zero attached hydrogens (tertiary/aromatic N) is 3. The van der Waals surface area contributed by atoms with E-state index in [1.54, 1.807) is 20.8 Å². The predicted octanol–water partition coefficient (Wildman–Crippen LogP) is 4.27.